The number of rotatable bonds is 8. The van der Waals surface area contributed by atoms with Gasteiger partial charge in [0.05, 0.1) is 5.69 Å². The summed E-state index contributed by atoms with van der Waals surface area (Å²) >= 11 is 0. The molecule has 4 heteroatoms. The Hall–Kier alpha value is -2.49. The Bertz CT molecular complexity index is 641. The van der Waals surface area contributed by atoms with E-state index in [1.165, 1.54) is 0 Å². The number of hydrogen-bond acceptors (Lipinski definition) is 3. The van der Waals surface area contributed by atoms with Gasteiger partial charge in [-0.1, -0.05) is 44.2 Å². The van der Waals surface area contributed by atoms with Crippen LogP contribution in [0.1, 0.15) is 20.3 Å². The lowest BCUT2D eigenvalue weighted by atomic mass is 10.1. The van der Waals surface area contributed by atoms with Crippen molar-refractivity contribution in [3.05, 3.63) is 54.6 Å². The van der Waals surface area contributed by atoms with Crippen LogP contribution in [0.25, 0.3) is 0 Å². The van der Waals surface area contributed by atoms with Gasteiger partial charge in [0.15, 0.2) is 6.61 Å². The third kappa shape index (κ3) is 5.30. The number of anilines is 2. The van der Waals surface area contributed by atoms with Gasteiger partial charge < -0.3 is 15.0 Å². The lowest BCUT2D eigenvalue weighted by Gasteiger charge is -2.18. The second-order valence-electron chi connectivity index (χ2n) is 6.18. The second-order valence-corrected chi connectivity index (χ2v) is 6.18. The molecular weight excluding hydrogens is 300 g/mol. The molecule has 1 amide bonds. The number of hydrogen-bond donors (Lipinski definition) is 1. The van der Waals surface area contributed by atoms with Crippen molar-refractivity contribution in [3.8, 4) is 5.75 Å². The van der Waals surface area contributed by atoms with E-state index in [1.54, 1.807) is 11.9 Å². The Morgan fingerprint density at radius 2 is 1.75 bits per heavy atom. The van der Waals surface area contributed by atoms with E-state index >= 15 is 0 Å². The highest BCUT2D eigenvalue weighted by molar-refractivity contribution is 5.93. The van der Waals surface area contributed by atoms with E-state index in [9.17, 15) is 4.79 Å². The van der Waals surface area contributed by atoms with Gasteiger partial charge in [-0.05, 0) is 36.6 Å². The fraction of sp³-hybridized carbons (Fsp3) is 0.350. The highest BCUT2D eigenvalue weighted by Crippen LogP contribution is 2.24. The van der Waals surface area contributed by atoms with Crippen LogP contribution >= 0.6 is 0 Å². The predicted molar refractivity (Wildman–Crippen MR) is 99.7 cm³/mol. The first-order valence-electron chi connectivity index (χ1n) is 8.35. The molecule has 0 spiro atoms. The van der Waals surface area contributed by atoms with Crippen LogP contribution in [0.4, 0.5) is 11.4 Å². The zero-order chi connectivity index (χ0) is 17.4. The minimum absolute atomic E-state index is 0.00820. The number of amides is 1. The smallest absolute Gasteiger partial charge is 0.264 e. The molecule has 0 unspecified atom stereocenters. The fourth-order valence-electron chi connectivity index (χ4n) is 2.27. The van der Waals surface area contributed by atoms with Gasteiger partial charge in [0.1, 0.15) is 5.75 Å². The first kappa shape index (κ1) is 17.9. The zero-order valence-electron chi connectivity index (χ0n) is 14.7. The second kappa shape index (κ2) is 8.96. The van der Waals surface area contributed by atoms with Gasteiger partial charge in [0.25, 0.3) is 5.91 Å². The van der Waals surface area contributed by atoms with Crippen molar-refractivity contribution in [2.45, 2.75) is 20.3 Å². The molecule has 1 N–H and O–H groups in total. The molecule has 2 aromatic rings. The molecule has 0 saturated carbocycles. The average Bonchev–Trinajstić information content (AvgIpc) is 2.60. The lowest BCUT2D eigenvalue weighted by Crippen LogP contribution is -2.31. The number of nitrogens with one attached hydrogen (secondary N) is 1. The maximum Gasteiger partial charge on any atom is 0.264 e. The molecule has 0 aliphatic heterocycles. The highest BCUT2D eigenvalue weighted by atomic mass is 16.5. The van der Waals surface area contributed by atoms with Crippen molar-refractivity contribution in [2.24, 2.45) is 5.92 Å². The summed E-state index contributed by atoms with van der Waals surface area (Å²) < 4.78 is 5.75. The molecule has 0 atom stereocenters. The number of carbonyl (C=O) groups excluding carboxylic acids is 1. The van der Waals surface area contributed by atoms with E-state index in [0.717, 1.165) is 24.3 Å². The van der Waals surface area contributed by atoms with Crippen LogP contribution in [0.15, 0.2) is 54.6 Å². The van der Waals surface area contributed by atoms with Crippen molar-refractivity contribution >= 4 is 17.3 Å². The Morgan fingerprint density at radius 1 is 1.08 bits per heavy atom. The summed E-state index contributed by atoms with van der Waals surface area (Å²) in [4.78, 5) is 13.9. The molecule has 24 heavy (non-hydrogen) atoms. The van der Waals surface area contributed by atoms with E-state index < -0.39 is 0 Å². The van der Waals surface area contributed by atoms with Gasteiger partial charge >= 0.3 is 0 Å². The third-order valence-electron chi connectivity index (χ3n) is 3.79. The molecule has 2 rings (SSSR count). The Balaban J connectivity index is 1.92. The fourth-order valence-corrected chi connectivity index (χ4v) is 2.27. The molecule has 4 nitrogen and oxygen atoms in total. The Morgan fingerprint density at radius 3 is 2.46 bits per heavy atom. The summed E-state index contributed by atoms with van der Waals surface area (Å²) in [6.07, 6.45) is 1.09. The maximum absolute atomic E-state index is 12.3. The van der Waals surface area contributed by atoms with E-state index in [-0.39, 0.29) is 12.5 Å². The molecule has 0 aromatic heterocycles. The minimum atomic E-state index is -0.0850. The Labute approximate surface area is 144 Å². The van der Waals surface area contributed by atoms with Gasteiger partial charge in [-0.2, -0.15) is 0 Å². The molecule has 0 bridgehead atoms. The molecular formula is C20H26N2O2. The SMILES string of the molecule is CC(C)CCNc1ccccc1OCC(=O)N(C)c1ccccc1. The van der Waals surface area contributed by atoms with Gasteiger partial charge in [-0.15, -0.1) is 0 Å². The maximum atomic E-state index is 12.3. The molecule has 128 valence electrons. The molecule has 0 fully saturated rings. The summed E-state index contributed by atoms with van der Waals surface area (Å²) in [5.74, 6) is 1.26. The topological polar surface area (TPSA) is 41.6 Å². The number of benzene rings is 2. The van der Waals surface area contributed by atoms with Gasteiger partial charge in [-0.25, -0.2) is 0 Å². The van der Waals surface area contributed by atoms with Crippen molar-refractivity contribution in [1.82, 2.24) is 0 Å². The zero-order valence-corrected chi connectivity index (χ0v) is 14.7. The molecule has 0 aliphatic carbocycles. The van der Waals surface area contributed by atoms with Crippen LogP contribution in [0.5, 0.6) is 5.75 Å². The average molecular weight is 326 g/mol. The number of likely N-dealkylation sites (N-methyl/N-ethyl adjacent to an activating group) is 1. The van der Waals surface area contributed by atoms with Crippen molar-refractivity contribution < 1.29 is 9.53 Å². The highest BCUT2D eigenvalue weighted by Gasteiger charge is 2.12. The summed E-state index contributed by atoms with van der Waals surface area (Å²) in [5, 5.41) is 3.38. The third-order valence-corrected chi connectivity index (χ3v) is 3.79. The first-order chi connectivity index (χ1) is 11.6. The van der Waals surface area contributed by atoms with E-state index in [2.05, 4.69) is 19.2 Å². The van der Waals surface area contributed by atoms with Crippen LogP contribution < -0.4 is 15.0 Å². The molecule has 0 radical (unpaired) electrons. The summed E-state index contributed by atoms with van der Waals surface area (Å²) in [6.45, 7) is 5.29. The van der Waals surface area contributed by atoms with Crippen molar-refractivity contribution in [2.75, 3.05) is 30.4 Å². The van der Waals surface area contributed by atoms with Crippen molar-refractivity contribution in [1.29, 1.82) is 0 Å². The first-order valence-corrected chi connectivity index (χ1v) is 8.35. The summed E-state index contributed by atoms with van der Waals surface area (Å²) in [6, 6.07) is 17.3. The minimum Gasteiger partial charge on any atom is -0.482 e. The standard InChI is InChI=1S/C20H26N2O2/c1-16(2)13-14-21-18-11-7-8-12-19(18)24-15-20(23)22(3)17-9-5-4-6-10-17/h4-12,16,21H,13-15H2,1-3H3. The van der Waals surface area contributed by atoms with Crippen LogP contribution in [-0.4, -0.2) is 26.1 Å². The van der Waals surface area contributed by atoms with Gasteiger partial charge in [0, 0.05) is 19.3 Å². The number of carbonyl (C=O) groups is 1. The molecule has 0 saturated heterocycles. The number of nitrogens with zero attached hydrogens (tertiary/aromatic N) is 1. The van der Waals surface area contributed by atoms with Crippen LogP contribution in [-0.2, 0) is 4.79 Å². The van der Waals surface area contributed by atoms with E-state index in [4.69, 9.17) is 4.74 Å². The summed E-state index contributed by atoms with van der Waals surface area (Å²) in [5.41, 5.74) is 1.78. The van der Waals surface area contributed by atoms with Crippen molar-refractivity contribution in [3.63, 3.8) is 0 Å². The largest absolute Gasteiger partial charge is 0.482 e. The lowest BCUT2D eigenvalue weighted by molar-refractivity contribution is -0.120. The van der Waals surface area contributed by atoms with Crippen LogP contribution in [0, 0.1) is 5.92 Å². The molecule has 0 heterocycles. The number of para-hydroxylation sites is 3. The van der Waals surface area contributed by atoms with Crippen LogP contribution in [0.3, 0.4) is 0 Å². The molecule has 0 aliphatic rings. The Kier molecular flexibility index (Phi) is 6.67. The van der Waals surface area contributed by atoms with E-state index in [0.29, 0.717) is 11.7 Å². The van der Waals surface area contributed by atoms with Crippen LogP contribution in [0.2, 0.25) is 0 Å². The van der Waals surface area contributed by atoms with Gasteiger partial charge in [0.2, 0.25) is 0 Å². The number of ether oxygens (including phenoxy) is 1. The normalized spacial score (nSPS) is 10.5. The predicted octanol–water partition coefficient (Wildman–Crippen LogP) is 4.19. The van der Waals surface area contributed by atoms with Gasteiger partial charge in [-0.3, -0.25) is 4.79 Å². The van der Waals surface area contributed by atoms with E-state index in [1.807, 2.05) is 54.6 Å². The monoisotopic (exact) mass is 326 g/mol. The summed E-state index contributed by atoms with van der Waals surface area (Å²) in [7, 11) is 1.76. The quantitative estimate of drug-likeness (QED) is 0.791. The molecule has 2 aromatic carbocycles.